The molecule has 2 aromatic carbocycles. The Morgan fingerprint density at radius 1 is 1.02 bits per heavy atom. The largest absolute Gasteiger partial charge is 0.490 e. The number of aliphatic hydroxyl groups is 1. The molecule has 2 aromatic rings. The number of nitrogens with one attached hydrogen (secondary N) is 1. The first kappa shape index (κ1) is 36.4. The molecule has 0 unspecified atom stereocenters. The van der Waals surface area contributed by atoms with E-state index in [1.807, 2.05) is 33.0 Å². The zero-order chi connectivity index (χ0) is 33.9. The van der Waals surface area contributed by atoms with Crippen molar-refractivity contribution >= 4 is 23.5 Å². The van der Waals surface area contributed by atoms with Gasteiger partial charge in [0.15, 0.2) is 0 Å². The molecule has 3 N–H and O–H groups in total. The van der Waals surface area contributed by atoms with E-state index in [0.717, 1.165) is 56.9 Å². The topological polar surface area (TPSA) is 129 Å². The van der Waals surface area contributed by atoms with E-state index < -0.39 is 12.0 Å². The van der Waals surface area contributed by atoms with Gasteiger partial charge in [0, 0.05) is 43.8 Å². The smallest absolute Gasteiger partial charge is 0.335 e. The summed E-state index contributed by atoms with van der Waals surface area (Å²) in [5, 5.41) is 22.5. The Hall–Kier alpha value is -3.47. The summed E-state index contributed by atoms with van der Waals surface area (Å²) in [6.07, 6.45) is 7.26. The SMILES string of the molecule is C[C@@H]1CCCCO[C@H](CN(C)Cc2ccc(C(=O)O)cc2)[C@H](C)CN([C@@H](C)CO)C(=O)c2cc(NC(=O)C3CCCCC3)ccc2O1. The van der Waals surface area contributed by atoms with Crippen LogP contribution in [-0.4, -0.2) is 89.4 Å². The van der Waals surface area contributed by atoms with E-state index in [-0.39, 0.29) is 48.0 Å². The van der Waals surface area contributed by atoms with Crippen LogP contribution in [0.4, 0.5) is 5.69 Å². The van der Waals surface area contributed by atoms with Crippen LogP contribution in [0.3, 0.4) is 0 Å². The summed E-state index contributed by atoms with van der Waals surface area (Å²) in [5.41, 5.74) is 2.17. The molecule has 0 bridgehead atoms. The van der Waals surface area contributed by atoms with Crippen LogP contribution < -0.4 is 10.1 Å². The van der Waals surface area contributed by atoms with Crippen LogP contribution in [-0.2, 0) is 16.1 Å². The van der Waals surface area contributed by atoms with Crippen molar-refractivity contribution in [2.24, 2.45) is 11.8 Å². The van der Waals surface area contributed by atoms with Gasteiger partial charge in [0.2, 0.25) is 5.91 Å². The van der Waals surface area contributed by atoms with Crippen molar-refractivity contribution in [3.63, 3.8) is 0 Å². The maximum atomic E-state index is 14.4. The highest BCUT2D eigenvalue weighted by Gasteiger charge is 2.31. The second kappa shape index (κ2) is 17.6. The summed E-state index contributed by atoms with van der Waals surface area (Å²) in [4.78, 5) is 42.6. The van der Waals surface area contributed by atoms with Crippen molar-refractivity contribution in [3.05, 3.63) is 59.2 Å². The third-order valence-electron chi connectivity index (χ3n) is 9.44. The number of hydrogen-bond donors (Lipinski definition) is 3. The minimum absolute atomic E-state index is 0.0107. The molecule has 1 aliphatic heterocycles. The van der Waals surface area contributed by atoms with E-state index in [1.54, 1.807) is 35.2 Å². The fraction of sp³-hybridized carbons (Fsp3) is 0.595. The molecule has 0 saturated heterocycles. The molecule has 0 spiro atoms. The number of nitrogens with zero attached hydrogens (tertiary/aromatic N) is 2. The Morgan fingerprint density at radius 2 is 1.72 bits per heavy atom. The fourth-order valence-corrected chi connectivity index (χ4v) is 6.51. The van der Waals surface area contributed by atoms with Gasteiger partial charge in [-0.3, -0.25) is 14.5 Å². The molecule has 1 saturated carbocycles. The second-order valence-corrected chi connectivity index (χ2v) is 13.5. The van der Waals surface area contributed by atoms with Crippen LogP contribution in [0.2, 0.25) is 0 Å². The number of aromatic carboxylic acids is 1. The third-order valence-corrected chi connectivity index (χ3v) is 9.44. The van der Waals surface area contributed by atoms with Gasteiger partial charge in [-0.2, -0.15) is 0 Å². The van der Waals surface area contributed by atoms with Crippen molar-refractivity contribution in [3.8, 4) is 5.75 Å². The Labute approximate surface area is 279 Å². The van der Waals surface area contributed by atoms with Crippen molar-refractivity contribution in [2.45, 2.75) is 96.9 Å². The predicted molar refractivity (Wildman–Crippen MR) is 182 cm³/mol. The number of aliphatic hydroxyl groups excluding tert-OH is 1. The molecule has 10 heteroatoms. The van der Waals surface area contributed by atoms with Gasteiger partial charge in [-0.15, -0.1) is 0 Å². The molecule has 258 valence electrons. The van der Waals surface area contributed by atoms with E-state index in [1.165, 1.54) is 0 Å². The number of anilines is 1. The van der Waals surface area contributed by atoms with Crippen molar-refractivity contribution in [2.75, 3.05) is 38.7 Å². The number of fused-ring (bicyclic) bond motifs is 1. The first-order valence-electron chi connectivity index (χ1n) is 17.2. The Kier molecular flexibility index (Phi) is 13.6. The van der Waals surface area contributed by atoms with Crippen LogP contribution in [0.25, 0.3) is 0 Å². The number of likely N-dealkylation sites (N-methyl/N-ethyl adjacent to an activating group) is 1. The lowest BCUT2D eigenvalue weighted by Crippen LogP contribution is -2.47. The van der Waals surface area contributed by atoms with Crippen LogP contribution in [0.1, 0.15) is 98.4 Å². The van der Waals surface area contributed by atoms with E-state index in [2.05, 4.69) is 17.1 Å². The molecule has 4 rings (SSSR count). The molecule has 0 radical (unpaired) electrons. The van der Waals surface area contributed by atoms with E-state index in [4.69, 9.17) is 9.47 Å². The highest BCUT2D eigenvalue weighted by molar-refractivity contribution is 6.00. The molecule has 47 heavy (non-hydrogen) atoms. The summed E-state index contributed by atoms with van der Waals surface area (Å²) in [6.45, 7) is 7.82. The number of carboxylic acid groups (broad SMARTS) is 1. The minimum atomic E-state index is -0.952. The number of amides is 2. The number of rotatable bonds is 9. The Balaban J connectivity index is 1.57. The molecule has 2 aliphatic rings. The second-order valence-electron chi connectivity index (χ2n) is 13.5. The lowest BCUT2D eigenvalue weighted by atomic mass is 9.88. The molecule has 1 aliphatic carbocycles. The summed E-state index contributed by atoms with van der Waals surface area (Å²) in [6, 6.07) is 11.7. The first-order chi connectivity index (χ1) is 22.5. The van der Waals surface area contributed by atoms with Gasteiger partial charge in [0.05, 0.1) is 36.0 Å². The quantitative estimate of drug-likeness (QED) is 0.309. The third kappa shape index (κ3) is 10.5. The van der Waals surface area contributed by atoms with Gasteiger partial charge in [-0.25, -0.2) is 4.79 Å². The van der Waals surface area contributed by atoms with Crippen LogP contribution >= 0.6 is 0 Å². The highest BCUT2D eigenvalue weighted by atomic mass is 16.5. The van der Waals surface area contributed by atoms with Gasteiger partial charge in [-0.1, -0.05) is 38.3 Å². The molecule has 0 aromatic heterocycles. The molecule has 2 amide bonds. The van der Waals surface area contributed by atoms with Crippen LogP contribution in [0.5, 0.6) is 5.75 Å². The molecule has 4 atom stereocenters. The van der Waals surface area contributed by atoms with Gasteiger partial charge in [-0.05, 0) is 88.9 Å². The fourth-order valence-electron chi connectivity index (χ4n) is 6.51. The summed E-state index contributed by atoms with van der Waals surface area (Å²) in [7, 11) is 2.00. The zero-order valence-electron chi connectivity index (χ0n) is 28.5. The minimum Gasteiger partial charge on any atom is -0.490 e. The number of carbonyl (C=O) groups is 3. The first-order valence-corrected chi connectivity index (χ1v) is 17.2. The molecule has 1 fully saturated rings. The number of benzene rings is 2. The average molecular weight is 652 g/mol. The monoisotopic (exact) mass is 651 g/mol. The molecular weight excluding hydrogens is 598 g/mol. The number of ether oxygens (including phenoxy) is 2. The lowest BCUT2D eigenvalue weighted by molar-refractivity contribution is -0.120. The summed E-state index contributed by atoms with van der Waals surface area (Å²) >= 11 is 0. The van der Waals surface area contributed by atoms with E-state index in [9.17, 15) is 24.6 Å². The van der Waals surface area contributed by atoms with Crippen molar-refractivity contribution < 1.29 is 34.1 Å². The molecular formula is C37H53N3O7. The predicted octanol–water partition coefficient (Wildman–Crippen LogP) is 5.83. The number of hydrogen-bond acceptors (Lipinski definition) is 7. The standard InChI is InChI=1S/C37H53N3O7/c1-25-21-40(26(2)24-41)36(43)32-20-31(38-35(42)29-11-6-5-7-12-29)17-18-33(32)47-27(3)10-8-9-19-46-34(25)23-39(4)22-28-13-15-30(16-14-28)37(44)45/h13-18,20,25-27,29,34,41H,5-12,19,21-24H2,1-4H3,(H,38,42)(H,44,45)/t25-,26+,27-,34-/m1/s1. The maximum Gasteiger partial charge on any atom is 0.335 e. The van der Waals surface area contributed by atoms with Crippen molar-refractivity contribution in [1.82, 2.24) is 9.80 Å². The van der Waals surface area contributed by atoms with E-state index in [0.29, 0.717) is 43.2 Å². The maximum absolute atomic E-state index is 14.4. The van der Waals surface area contributed by atoms with Gasteiger partial charge in [0.25, 0.3) is 5.91 Å². The Morgan fingerprint density at radius 3 is 2.40 bits per heavy atom. The summed E-state index contributed by atoms with van der Waals surface area (Å²) in [5.74, 6) is -0.854. The zero-order valence-corrected chi connectivity index (χ0v) is 28.5. The van der Waals surface area contributed by atoms with Crippen LogP contribution in [0, 0.1) is 11.8 Å². The Bertz CT molecular complexity index is 1330. The van der Waals surface area contributed by atoms with Crippen LogP contribution in [0.15, 0.2) is 42.5 Å². The van der Waals surface area contributed by atoms with E-state index >= 15 is 0 Å². The number of carboxylic acids is 1. The summed E-state index contributed by atoms with van der Waals surface area (Å²) < 4.78 is 12.8. The van der Waals surface area contributed by atoms with Gasteiger partial charge < -0.3 is 29.9 Å². The average Bonchev–Trinajstić information content (AvgIpc) is 3.06. The lowest BCUT2D eigenvalue weighted by Gasteiger charge is -2.36. The van der Waals surface area contributed by atoms with Gasteiger partial charge >= 0.3 is 5.97 Å². The molecule has 10 nitrogen and oxygen atoms in total. The number of carbonyl (C=O) groups excluding carboxylic acids is 2. The highest BCUT2D eigenvalue weighted by Crippen LogP contribution is 2.30. The normalized spacial score (nSPS) is 22.6. The van der Waals surface area contributed by atoms with Crippen molar-refractivity contribution in [1.29, 1.82) is 0 Å². The molecule has 1 heterocycles. The van der Waals surface area contributed by atoms with Gasteiger partial charge in [0.1, 0.15) is 5.75 Å².